The Balaban J connectivity index is 2.07. The van der Waals surface area contributed by atoms with Gasteiger partial charge in [0.05, 0.1) is 31.1 Å². The first kappa shape index (κ1) is 13.3. The standard InChI is InChI=1S/C13H21NO4/c1-2-9-8-18-7-6-14(9)12(15)10-4-3-5-11(10)13(16)17/h9-11H,2-8H2,1H3,(H,16,17). The van der Waals surface area contributed by atoms with E-state index in [0.717, 1.165) is 12.8 Å². The summed E-state index contributed by atoms with van der Waals surface area (Å²) in [6, 6.07) is 0.112. The number of hydrogen-bond acceptors (Lipinski definition) is 3. The van der Waals surface area contributed by atoms with Crippen molar-refractivity contribution in [3.63, 3.8) is 0 Å². The van der Waals surface area contributed by atoms with Crippen LogP contribution >= 0.6 is 0 Å². The molecule has 0 radical (unpaired) electrons. The van der Waals surface area contributed by atoms with Crippen LogP contribution in [-0.2, 0) is 14.3 Å². The Labute approximate surface area is 107 Å². The first-order chi connectivity index (χ1) is 8.65. The van der Waals surface area contributed by atoms with Crippen LogP contribution in [0.3, 0.4) is 0 Å². The van der Waals surface area contributed by atoms with E-state index in [1.54, 1.807) is 0 Å². The molecule has 1 aliphatic carbocycles. The van der Waals surface area contributed by atoms with Gasteiger partial charge in [-0.3, -0.25) is 9.59 Å². The van der Waals surface area contributed by atoms with Crippen molar-refractivity contribution in [2.75, 3.05) is 19.8 Å². The van der Waals surface area contributed by atoms with Crippen LogP contribution in [0.2, 0.25) is 0 Å². The third kappa shape index (κ3) is 2.51. The van der Waals surface area contributed by atoms with E-state index in [-0.39, 0.29) is 17.9 Å². The van der Waals surface area contributed by atoms with Crippen LogP contribution in [-0.4, -0.2) is 47.7 Å². The highest BCUT2D eigenvalue weighted by Crippen LogP contribution is 2.34. The maximum atomic E-state index is 12.5. The predicted molar refractivity (Wildman–Crippen MR) is 65.1 cm³/mol. The molecule has 0 bridgehead atoms. The van der Waals surface area contributed by atoms with Gasteiger partial charge in [0.2, 0.25) is 5.91 Å². The number of carbonyl (C=O) groups is 2. The number of carbonyl (C=O) groups excluding carboxylic acids is 1. The maximum absolute atomic E-state index is 12.5. The molecule has 1 saturated heterocycles. The highest BCUT2D eigenvalue weighted by molar-refractivity contribution is 5.85. The number of carboxylic acids is 1. The number of amides is 1. The summed E-state index contributed by atoms with van der Waals surface area (Å²) < 4.78 is 5.38. The molecule has 2 rings (SSSR count). The van der Waals surface area contributed by atoms with Crippen molar-refractivity contribution in [1.29, 1.82) is 0 Å². The van der Waals surface area contributed by atoms with Gasteiger partial charge in [-0.1, -0.05) is 13.3 Å². The summed E-state index contributed by atoms with van der Waals surface area (Å²) in [6.07, 6.45) is 3.04. The second kappa shape index (κ2) is 5.69. The number of aliphatic carboxylic acids is 1. The molecule has 0 aromatic rings. The second-order valence-corrected chi connectivity index (χ2v) is 5.15. The van der Waals surface area contributed by atoms with Crippen LogP contribution in [0.4, 0.5) is 0 Å². The van der Waals surface area contributed by atoms with Gasteiger partial charge in [-0.2, -0.15) is 0 Å². The number of morpholine rings is 1. The van der Waals surface area contributed by atoms with Crippen molar-refractivity contribution < 1.29 is 19.4 Å². The SMILES string of the molecule is CCC1COCCN1C(=O)C1CCCC1C(=O)O. The molecule has 0 aromatic heterocycles. The summed E-state index contributed by atoms with van der Waals surface area (Å²) in [5.74, 6) is -1.62. The molecule has 0 spiro atoms. The molecule has 1 saturated carbocycles. The normalized spacial score (nSPS) is 32.5. The Bertz CT molecular complexity index is 331. The summed E-state index contributed by atoms with van der Waals surface area (Å²) in [4.78, 5) is 25.5. The van der Waals surface area contributed by atoms with Gasteiger partial charge in [-0.05, 0) is 19.3 Å². The van der Waals surface area contributed by atoms with Crippen molar-refractivity contribution >= 4 is 11.9 Å². The van der Waals surface area contributed by atoms with E-state index in [4.69, 9.17) is 9.84 Å². The van der Waals surface area contributed by atoms with Crippen LogP contribution in [0.1, 0.15) is 32.6 Å². The zero-order valence-electron chi connectivity index (χ0n) is 10.8. The molecule has 3 unspecified atom stereocenters. The summed E-state index contributed by atoms with van der Waals surface area (Å²) in [6.45, 7) is 3.77. The average molecular weight is 255 g/mol. The zero-order chi connectivity index (χ0) is 13.1. The van der Waals surface area contributed by atoms with Gasteiger partial charge in [0.15, 0.2) is 0 Å². The molecule has 1 amide bonds. The zero-order valence-corrected chi connectivity index (χ0v) is 10.8. The van der Waals surface area contributed by atoms with Crippen molar-refractivity contribution in [3.8, 4) is 0 Å². The Morgan fingerprint density at radius 3 is 2.72 bits per heavy atom. The smallest absolute Gasteiger partial charge is 0.307 e. The molecule has 2 aliphatic rings. The molecule has 5 heteroatoms. The van der Waals surface area contributed by atoms with Crippen molar-refractivity contribution in [1.82, 2.24) is 4.90 Å². The molecule has 1 heterocycles. The topological polar surface area (TPSA) is 66.8 Å². The fourth-order valence-corrected chi connectivity index (χ4v) is 3.05. The van der Waals surface area contributed by atoms with Gasteiger partial charge in [0.1, 0.15) is 0 Å². The third-order valence-corrected chi connectivity index (χ3v) is 4.13. The van der Waals surface area contributed by atoms with E-state index in [0.29, 0.717) is 32.6 Å². The molecule has 1 aliphatic heterocycles. The van der Waals surface area contributed by atoms with E-state index in [2.05, 4.69) is 0 Å². The fourth-order valence-electron chi connectivity index (χ4n) is 3.05. The average Bonchev–Trinajstić information content (AvgIpc) is 2.87. The molecule has 1 N–H and O–H groups in total. The molecular weight excluding hydrogens is 234 g/mol. The van der Waals surface area contributed by atoms with E-state index in [9.17, 15) is 9.59 Å². The van der Waals surface area contributed by atoms with Crippen molar-refractivity contribution in [3.05, 3.63) is 0 Å². The summed E-state index contributed by atoms with van der Waals surface area (Å²) in [7, 11) is 0. The van der Waals surface area contributed by atoms with E-state index >= 15 is 0 Å². The quantitative estimate of drug-likeness (QED) is 0.820. The molecule has 2 fully saturated rings. The number of rotatable bonds is 3. The van der Waals surface area contributed by atoms with Gasteiger partial charge < -0.3 is 14.7 Å². The molecular formula is C13H21NO4. The highest BCUT2D eigenvalue weighted by atomic mass is 16.5. The number of ether oxygens (including phenoxy) is 1. The monoisotopic (exact) mass is 255 g/mol. The number of nitrogens with zero attached hydrogens (tertiary/aromatic N) is 1. The minimum atomic E-state index is -0.827. The molecule has 3 atom stereocenters. The Hall–Kier alpha value is -1.10. The molecule has 102 valence electrons. The van der Waals surface area contributed by atoms with Gasteiger partial charge in [-0.25, -0.2) is 0 Å². The summed E-state index contributed by atoms with van der Waals surface area (Å²) >= 11 is 0. The highest BCUT2D eigenvalue weighted by Gasteiger charge is 2.41. The van der Waals surface area contributed by atoms with Crippen molar-refractivity contribution in [2.45, 2.75) is 38.6 Å². The van der Waals surface area contributed by atoms with Crippen LogP contribution in [0.5, 0.6) is 0 Å². The minimum absolute atomic E-state index is 0.0232. The van der Waals surface area contributed by atoms with Gasteiger partial charge >= 0.3 is 5.97 Å². The Morgan fingerprint density at radius 1 is 1.33 bits per heavy atom. The summed E-state index contributed by atoms with van der Waals surface area (Å²) in [5, 5.41) is 9.16. The fraction of sp³-hybridized carbons (Fsp3) is 0.846. The van der Waals surface area contributed by atoms with Gasteiger partial charge in [-0.15, -0.1) is 0 Å². The lowest BCUT2D eigenvalue weighted by Crippen LogP contribution is -2.51. The molecule has 0 aromatic carbocycles. The lowest BCUT2D eigenvalue weighted by molar-refractivity contribution is -0.153. The first-order valence-electron chi connectivity index (χ1n) is 6.76. The maximum Gasteiger partial charge on any atom is 0.307 e. The Morgan fingerprint density at radius 2 is 2.06 bits per heavy atom. The minimum Gasteiger partial charge on any atom is -0.481 e. The molecule has 5 nitrogen and oxygen atoms in total. The number of hydrogen-bond donors (Lipinski definition) is 1. The summed E-state index contributed by atoms with van der Waals surface area (Å²) in [5.41, 5.74) is 0. The van der Waals surface area contributed by atoms with Gasteiger partial charge in [0.25, 0.3) is 0 Å². The van der Waals surface area contributed by atoms with Crippen LogP contribution in [0.25, 0.3) is 0 Å². The second-order valence-electron chi connectivity index (χ2n) is 5.15. The molecule has 18 heavy (non-hydrogen) atoms. The third-order valence-electron chi connectivity index (χ3n) is 4.13. The Kier molecular flexibility index (Phi) is 4.22. The van der Waals surface area contributed by atoms with Crippen molar-refractivity contribution in [2.24, 2.45) is 11.8 Å². The largest absolute Gasteiger partial charge is 0.481 e. The predicted octanol–water partition coefficient (Wildman–Crippen LogP) is 1.12. The first-order valence-corrected chi connectivity index (χ1v) is 6.76. The van der Waals surface area contributed by atoms with Crippen LogP contribution in [0.15, 0.2) is 0 Å². The lowest BCUT2D eigenvalue weighted by atomic mass is 9.93. The van der Waals surface area contributed by atoms with E-state index in [1.165, 1.54) is 0 Å². The van der Waals surface area contributed by atoms with Crippen LogP contribution in [0, 0.1) is 11.8 Å². The van der Waals surface area contributed by atoms with Gasteiger partial charge in [0, 0.05) is 6.54 Å². The van der Waals surface area contributed by atoms with E-state index < -0.39 is 11.9 Å². The van der Waals surface area contributed by atoms with Crippen LogP contribution < -0.4 is 0 Å². The number of carboxylic acid groups (broad SMARTS) is 1. The van der Waals surface area contributed by atoms with E-state index in [1.807, 2.05) is 11.8 Å². The lowest BCUT2D eigenvalue weighted by Gasteiger charge is -2.37.